The Balaban J connectivity index is 1.99. The minimum absolute atomic E-state index is 0.0712. The fourth-order valence-electron chi connectivity index (χ4n) is 2.57. The van der Waals surface area contributed by atoms with Gasteiger partial charge in [-0.3, -0.25) is 4.98 Å². The van der Waals surface area contributed by atoms with Crippen molar-refractivity contribution in [2.75, 3.05) is 0 Å². The normalized spacial score (nSPS) is 11.8. The van der Waals surface area contributed by atoms with E-state index in [-0.39, 0.29) is 10.9 Å². The second kappa shape index (κ2) is 5.86. The highest BCUT2D eigenvalue weighted by atomic mass is 32.2. The molecule has 0 aliphatic rings. The van der Waals surface area contributed by atoms with E-state index in [1.165, 1.54) is 10.8 Å². The first-order valence-corrected chi connectivity index (χ1v) is 9.04. The zero-order valence-corrected chi connectivity index (χ0v) is 14.8. The Kier molecular flexibility index (Phi) is 4.00. The van der Waals surface area contributed by atoms with Gasteiger partial charge in [0.1, 0.15) is 5.76 Å². The lowest BCUT2D eigenvalue weighted by Gasteiger charge is -2.07. The summed E-state index contributed by atoms with van der Waals surface area (Å²) in [5.74, 6) is 0.953. The van der Waals surface area contributed by atoms with Crippen molar-refractivity contribution >= 4 is 9.84 Å². The number of sulfone groups is 1. The van der Waals surface area contributed by atoms with Gasteiger partial charge >= 0.3 is 0 Å². The average Bonchev–Trinajstić information content (AvgIpc) is 3.08. The molecule has 3 heterocycles. The van der Waals surface area contributed by atoms with E-state index in [0.717, 1.165) is 11.3 Å². The second-order valence-corrected chi connectivity index (χ2v) is 7.60. The molecule has 0 saturated heterocycles. The average molecular weight is 346 g/mol. The first-order valence-electron chi connectivity index (χ1n) is 7.39. The number of hydrogen-bond acceptors (Lipinski definition) is 6. The van der Waals surface area contributed by atoms with Gasteiger partial charge in [-0.25, -0.2) is 8.42 Å². The zero-order valence-electron chi connectivity index (χ0n) is 13.9. The van der Waals surface area contributed by atoms with Crippen LogP contribution in [0.1, 0.15) is 22.7 Å². The maximum Gasteiger partial charge on any atom is 0.250 e. The van der Waals surface area contributed by atoms with E-state index in [2.05, 4.69) is 15.2 Å². The fourth-order valence-corrected chi connectivity index (χ4v) is 4.09. The standard InChI is InChI=1S/C16H18N4O3S/c1-10-5-6-13(11(2)17-10)9-24(21,22)16-19-18-15(20(16)4)14-7-8-23-12(14)3/h5-8H,9H2,1-4H3. The summed E-state index contributed by atoms with van der Waals surface area (Å²) in [6, 6.07) is 5.32. The lowest BCUT2D eigenvalue weighted by molar-refractivity contribution is 0.534. The zero-order chi connectivity index (χ0) is 17.5. The van der Waals surface area contributed by atoms with E-state index < -0.39 is 9.84 Å². The summed E-state index contributed by atoms with van der Waals surface area (Å²) in [6.07, 6.45) is 1.54. The maximum absolute atomic E-state index is 12.8. The third-order valence-corrected chi connectivity index (χ3v) is 5.50. The van der Waals surface area contributed by atoms with Gasteiger partial charge in [-0.05, 0) is 38.5 Å². The molecular weight excluding hydrogens is 328 g/mol. The summed E-state index contributed by atoms with van der Waals surface area (Å²) in [7, 11) is -2.01. The first kappa shape index (κ1) is 16.4. The van der Waals surface area contributed by atoms with Crippen LogP contribution < -0.4 is 0 Å². The number of rotatable bonds is 4. The van der Waals surface area contributed by atoms with E-state index in [1.807, 2.05) is 6.92 Å². The van der Waals surface area contributed by atoms with Crippen LogP contribution >= 0.6 is 0 Å². The molecule has 0 bridgehead atoms. The van der Waals surface area contributed by atoms with Crippen LogP contribution in [-0.2, 0) is 22.6 Å². The summed E-state index contributed by atoms with van der Waals surface area (Å²) in [5.41, 5.74) is 2.93. The molecule has 3 rings (SSSR count). The highest BCUT2D eigenvalue weighted by Gasteiger charge is 2.25. The molecule has 0 atom stereocenters. The van der Waals surface area contributed by atoms with Gasteiger partial charge in [0.2, 0.25) is 15.0 Å². The minimum Gasteiger partial charge on any atom is -0.469 e. The van der Waals surface area contributed by atoms with Crippen molar-refractivity contribution < 1.29 is 12.8 Å². The Bertz CT molecular complexity index is 1000. The van der Waals surface area contributed by atoms with Gasteiger partial charge < -0.3 is 8.98 Å². The molecule has 0 radical (unpaired) electrons. The molecule has 24 heavy (non-hydrogen) atoms. The fraction of sp³-hybridized carbons (Fsp3) is 0.312. The van der Waals surface area contributed by atoms with Crippen LogP contribution in [0.4, 0.5) is 0 Å². The van der Waals surface area contributed by atoms with Gasteiger partial charge in [-0.2, -0.15) is 0 Å². The highest BCUT2D eigenvalue weighted by molar-refractivity contribution is 7.90. The van der Waals surface area contributed by atoms with Gasteiger partial charge in [-0.1, -0.05) is 6.07 Å². The Morgan fingerprint density at radius 1 is 1.12 bits per heavy atom. The molecule has 0 fully saturated rings. The van der Waals surface area contributed by atoms with Gasteiger partial charge in [0.05, 0.1) is 17.6 Å². The van der Waals surface area contributed by atoms with Crippen LogP contribution in [0.2, 0.25) is 0 Å². The van der Waals surface area contributed by atoms with Crippen LogP contribution in [0.25, 0.3) is 11.4 Å². The summed E-state index contributed by atoms with van der Waals surface area (Å²) < 4.78 is 32.2. The quantitative estimate of drug-likeness (QED) is 0.720. The van der Waals surface area contributed by atoms with Crippen molar-refractivity contribution in [3.63, 3.8) is 0 Å². The molecule has 0 spiro atoms. The number of pyridine rings is 1. The van der Waals surface area contributed by atoms with E-state index in [0.29, 0.717) is 22.8 Å². The molecule has 0 aliphatic heterocycles. The molecule has 0 unspecified atom stereocenters. The van der Waals surface area contributed by atoms with Crippen molar-refractivity contribution in [1.82, 2.24) is 19.7 Å². The molecule has 0 aliphatic carbocycles. The lowest BCUT2D eigenvalue weighted by atomic mass is 10.2. The number of furan rings is 1. The summed E-state index contributed by atoms with van der Waals surface area (Å²) >= 11 is 0. The molecular formula is C16H18N4O3S. The third kappa shape index (κ3) is 2.84. The van der Waals surface area contributed by atoms with Crippen LogP contribution in [0.3, 0.4) is 0 Å². The predicted molar refractivity (Wildman–Crippen MR) is 88.0 cm³/mol. The van der Waals surface area contributed by atoms with E-state index >= 15 is 0 Å². The van der Waals surface area contributed by atoms with Crippen molar-refractivity contribution in [2.24, 2.45) is 7.05 Å². The largest absolute Gasteiger partial charge is 0.469 e. The van der Waals surface area contributed by atoms with Crippen molar-refractivity contribution in [3.05, 3.63) is 47.2 Å². The maximum atomic E-state index is 12.8. The van der Waals surface area contributed by atoms with E-state index in [4.69, 9.17) is 4.42 Å². The minimum atomic E-state index is -3.64. The van der Waals surface area contributed by atoms with Gasteiger partial charge in [0.25, 0.3) is 0 Å². The van der Waals surface area contributed by atoms with Crippen LogP contribution in [0, 0.1) is 20.8 Å². The Morgan fingerprint density at radius 3 is 2.50 bits per heavy atom. The molecule has 8 heteroatoms. The smallest absolute Gasteiger partial charge is 0.250 e. The molecule has 126 valence electrons. The second-order valence-electron chi connectivity index (χ2n) is 5.71. The van der Waals surface area contributed by atoms with E-state index in [9.17, 15) is 8.42 Å². The highest BCUT2D eigenvalue weighted by Crippen LogP contribution is 2.25. The Morgan fingerprint density at radius 2 is 1.88 bits per heavy atom. The Hall–Kier alpha value is -2.48. The Labute approximate surface area is 140 Å². The van der Waals surface area contributed by atoms with Crippen molar-refractivity contribution in [2.45, 2.75) is 31.7 Å². The van der Waals surface area contributed by atoms with Gasteiger partial charge in [0.15, 0.2) is 5.82 Å². The summed E-state index contributed by atoms with van der Waals surface area (Å²) in [4.78, 5) is 4.31. The number of aromatic nitrogens is 4. The SMILES string of the molecule is Cc1ccc(CS(=O)(=O)c2nnc(-c3ccoc3C)n2C)c(C)n1. The third-order valence-electron chi connectivity index (χ3n) is 3.89. The lowest BCUT2D eigenvalue weighted by Crippen LogP contribution is -2.12. The van der Waals surface area contributed by atoms with Crippen LogP contribution in [0.15, 0.2) is 34.0 Å². The molecule has 3 aromatic rings. The monoisotopic (exact) mass is 346 g/mol. The summed E-state index contributed by atoms with van der Waals surface area (Å²) in [5, 5.41) is 7.84. The van der Waals surface area contributed by atoms with Crippen molar-refractivity contribution in [3.8, 4) is 11.4 Å². The van der Waals surface area contributed by atoms with Crippen molar-refractivity contribution in [1.29, 1.82) is 0 Å². The number of hydrogen-bond donors (Lipinski definition) is 0. The molecule has 0 N–H and O–H groups in total. The van der Waals surface area contributed by atoms with Crippen LogP contribution in [-0.4, -0.2) is 28.2 Å². The molecule has 3 aromatic heterocycles. The molecule has 0 amide bonds. The first-order chi connectivity index (χ1) is 11.3. The van der Waals surface area contributed by atoms with Gasteiger partial charge in [0, 0.05) is 18.4 Å². The molecule has 0 aromatic carbocycles. The van der Waals surface area contributed by atoms with E-state index in [1.54, 1.807) is 39.1 Å². The topological polar surface area (TPSA) is 90.9 Å². The predicted octanol–water partition coefficient (Wildman–Crippen LogP) is 2.37. The van der Waals surface area contributed by atoms with Crippen LogP contribution in [0.5, 0.6) is 0 Å². The number of nitrogens with zero attached hydrogens (tertiary/aromatic N) is 4. The molecule has 7 nitrogen and oxygen atoms in total. The number of aryl methyl sites for hydroxylation is 3. The molecule has 0 saturated carbocycles. The van der Waals surface area contributed by atoms with Gasteiger partial charge in [-0.15, -0.1) is 10.2 Å². The summed E-state index contributed by atoms with van der Waals surface area (Å²) in [6.45, 7) is 5.46.